The van der Waals surface area contributed by atoms with Crippen molar-refractivity contribution in [1.82, 2.24) is 9.13 Å². The molecule has 0 aliphatic heterocycles. The third kappa shape index (κ3) is 9.71. The van der Waals surface area contributed by atoms with Crippen molar-refractivity contribution >= 4 is 164 Å². The third-order valence-corrected chi connectivity index (χ3v) is 22.8. The highest BCUT2D eigenvalue weighted by molar-refractivity contribution is 6.23. The molecule has 2 aromatic heterocycles. The van der Waals surface area contributed by atoms with Crippen LogP contribution in [0.4, 0.5) is 34.1 Å². The van der Waals surface area contributed by atoms with Gasteiger partial charge in [-0.2, -0.15) is 0 Å². The molecular weight excluding hydrogens is 1310 g/mol. The summed E-state index contributed by atoms with van der Waals surface area (Å²) >= 11 is 0. The van der Waals surface area contributed by atoms with Gasteiger partial charge >= 0.3 is 0 Å². The number of hydrogen-bond acceptors (Lipinski definition) is 2. The summed E-state index contributed by atoms with van der Waals surface area (Å²) in [6.45, 7) is 0. The highest BCUT2D eigenvalue weighted by atomic mass is 15.2. The number of fused-ring (bicyclic) bond motifs is 18. The van der Waals surface area contributed by atoms with Gasteiger partial charge in [0.25, 0.3) is 0 Å². The summed E-state index contributed by atoms with van der Waals surface area (Å²) in [7, 11) is 0. The van der Waals surface area contributed by atoms with Crippen LogP contribution in [0.2, 0.25) is 0 Å². The molecule has 108 heavy (non-hydrogen) atoms. The number of para-hydroxylation sites is 4. The van der Waals surface area contributed by atoms with E-state index in [2.05, 4.69) is 419 Å². The van der Waals surface area contributed by atoms with E-state index in [4.69, 9.17) is 0 Å². The predicted molar refractivity (Wildman–Crippen MR) is 461 cm³/mol. The number of benzene rings is 20. The second-order valence-electron chi connectivity index (χ2n) is 28.6. The van der Waals surface area contributed by atoms with Gasteiger partial charge in [0.15, 0.2) is 0 Å². The Bertz CT molecular complexity index is 7420. The molecular formula is C104H66N4. The molecule has 0 aliphatic carbocycles. The number of hydrogen-bond donors (Lipinski definition) is 0. The Hall–Kier alpha value is -14.3. The average Bonchev–Trinajstić information content (AvgIpc) is 1.55. The molecule has 20 aromatic carbocycles. The number of aromatic nitrogens is 2. The molecule has 0 saturated carbocycles. The van der Waals surface area contributed by atoms with Gasteiger partial charge in [0.1, 0.15) is 0 Å². The van der Waals surface area contributed by atoms with Gasteiger partial charge < -0.3 is 18.9 Å². The van der Waals surface area contributed by atoms with Crippen LogP contribution >= 0.6 is 0 Å². The van der Waals surface area contributed by atoms with Crippen LogP contribution in [0.5, 0.6) is 0 Å². The molecule has 0 saturated heterocycles. The standard InChI is InChI=1S/C104H66N4/c1-3-23-76(24-4-1)107-97-36-15-14-31-96(97)103-99(38-19-39-100(103)107)105(80-55-60-87-74(65-80)42-40-67-20-7-10-27-82(67)87)78-51-44-70(45-52-78)86-33-18-35-92-89-57-49-73(64-72(89)50-59-94(86)92)90-62-63-101(104-102(90)95-30-13-16-37-98(95)108(104)77-25-5-2-6-26-77)106(81-56-61-88-75(66-81)43-41-68-21-8-11-28-83(68)88)79-53-46-71(47-54-79)85-32-17-34-91-84-29-12-9-22-69(84)48-58-93(85)91/h1-66H. The van der Waals surface area contributed by atoms with E-state index in [1.807, 2.05) is 0 Å². The van der Waals surface area contributed by atoms with Crippen LogP contribution in [0, 0.1) is 0 Å². The number of rotatable bonds is 11. The Labute approximate surface area is 623 Å². The zero-order valence-corrected chi connectivity index (χ0v) is 58.9. The number of anilines is 6. The van der Waals surface area contributed by atoms with E-state index in [9.17, 15) is 0 Å². The maximum absolute atomic E-state index is 2.50. The van der Waals surface area contributed by atoms with Crippen LogP contribution < -0.4 is 9.80 Å². The van der Waals surface area contributed by atoms with E-state index < -0.39 is 0 Å². The second kappa shape index (κ2) is 24.7. The lowest BCUT2D eigenvalue weighted by atomic mass is 9.92. The maximum atomic E-state index is 2.50. The van der Waals surface area contributed by atoms with E-state index >= 15 is 0 Å². The van der Waals surface area contributed by atoms with E-state index in [0.717, 1.165) is 73.2 Å². The van der Waals surface area contributed by atoms with Gasteiger partial charge in [-0.1, -0.05) is 291 Å². The highest BCUT2D eigenvalue weighted by Crippen LogP contribution is 2.51. The summed E-state index contributed by atoms with van der Waals surface area (Å²) in [5.74, 6) is 0. The molecule has 0 aliphatic rings. The molecule has 0 fully saturated rings. The minimum Gasteiger partial charge on any atom is -0.310 e. The predicted octanol–water partition coefficient (Wildman–Crippen LogP) is 29.0. The van der Waals surface area contributed by atoms with E-state index in [-0.39, 0.29) is 0 Å². The molecule has 2 heterocycles. The Morgan fingerprint density at radius 3 is 1.12 bits per heavy atom. The fourth-order valence-corrected chi connectivity index (χ4v) is 17.9. The van der Waals surface area contributed by atoms with Crippen molar-refractivity contribution in [3.8, 4) is 44.8 Å². The molecule has 0 bridgehead atoms. The monoisotopic (exact) mass is 1370 g/mol. The van der Waals surface area contributed by atoms with Crippen LogP contribution in [0.1, 0.15) is 0 Å². The summed E-state index contributed by atoms with van der Waals surface area (Å²) in [6.07, 6.45) is 0. The summed E-state index contributed by atoms with van der Waals surface area (Å²) in [5, 5.41) is 24.4. The summed E-state index contributed by atoms with van der Waals surface area (Å²) in [5.41, 5.74) is 20.4. The highest BCUT2D eigenvalue weighted by Gasteiger charge is 2.27. The van der Waals surface area contributed by atoms with Gasteiger partial charge in [-0.15, -0.1) is 0 Å². The fourth-order valence-electron chi connectivity index (χ4n) is 17.9. The van der Waals surface area contributed by atoms with Gasteiger partial charge in [0.2, 0.25) is 0 Å². The first-order chi connectivity index (χ1) is 53.6. The molecule has 0 atom stereocenters. The zero-order valence-electron chi connectivity index (χ0n) is 58.9. The third-order valence-electron chi connectivity index (χ3n) is 22.8. The largest absolute Gasteiger partial charge is 0.310 e. The van der Waals surface area contributed by atoms with Gasteiger partial charge in [-0.05, 0) is 229 Å². The first-order valence-electron chi connectivity index (χ1n) is 37.3. The molecule has 22 aromatic rings. The minimum absolute atomic E-state index is 1.06. The summed E-state index contributed by atoms with van der Waals surface area (Å²) in [4.78, 5) is 4.96. The van der Waals surface area contributed by atoms with Crippen LogP contribution in [0.15, 0.2) is 400 Å². The summed E-state index contributed by atoms with van der Waals surface area (Å²) < 4.78 is 4.91. The molecule has 4 nitrogen and oxygen atoms in total. The topological polar surface area (TPSA) is 16.3 Å². The summed E-state index contributed by atoms with van der Waals surface area (Å²) in [6, 6.07) is 149. The van der Waals surface area contributed by atoms with E-state index in [1.54, 1.807) is 0 Å². The van der Waals surface area contributed by atoms with Gasteiger partial charge in [-0.25, -0.2) is 0 Å². The normalized spacial score (nSPS) is 11.9. The smallest absolute Gasteiger partial charge is 0.0788 e. The van der Waals surface area contributed by atoms with Crippen LogP contribution in [-0.4, -0.2) is 9.13 Å². The molecule has 22 rings (SSSR count). The molecule has 502 valence electrons. The fraction of sp³-hybridized carbons (Fsp3) is 0. The zero-order chi connectivity index (χ0) is 70.9. The van der Waals surface area contributed by atoms with Crippen molar-refractivity contribution in [1.29, 1.82) is 0 Å². The van der Waals surface area contributed by atoms with Crippen LogP contribution in [0.3, 0.4) is 0 Å². The molecule has 4 heteroatoms. The van der Waals surface area contributed by atoms with Gasteiger partial charge in [0, 0.05) is 55.7 Å². The first kappa shape index (κ1) is 61.2. The van der Waals surface area contributed by atoms with Crippen molar-refractivity contribution in [2.45, 2.75) is 0 Å². The Balaban J connectivity index is 0.681. The van der Waals surface area contributed by atoms with Crippen LogP contribution in [-0.2, 0) is 0 Å². The average molecular weight is 1370 g/mol. The first-order valence-corrected chi connectivity index (χ1v) is 37.3. The van der Waals surface area contributed by atoms with Crippen molar-refractivity contribution in [2.24, 2.45) is 0 Å². The SMILES string of the molecule is c1ccc(-n2c3ccccc3c3c(N(c4ccc(-c5cccc6c5ccc5cc(-c7ccc(N(c8ccc(-c9cccc%10c9ccc9ccccc9%10)cc8)c8ccc9c(ccc%10ccccc%109)c8)c8c7c7ccccc7n8-c7ccccc7)ccc56)cc4)c4ccc5c(ccc6ccccc65)c4)cccc32)cc1. The molecule has 0 radical (unpaired) electrons. The van der Waals surface area contributed by atoms with Crippen LogP contribution in [0.25, 0.3) is 175 Å². The lowest BCUT2D eigenvalue weighted by Crippen LogP contribution is -2.12. The lowest BCUT2D eigenvalue weighted by molar-refractivity contribution is 1.17. The molecule has 0 amide bonds. The Kier molecular flexibility index (Phi) is 14.0. The van der Waals surface area contributed by atoms with Crippen molar-refractivity contribution < 1.29 is 0 Å². The van der Waals surface area contributed by atoms with Gasteiger partial charge in [-0.3, -0.25) is 0 Å². The van der Waals surface area contributed by atoms with Crippen molar-refractivity contribution in [2.75, 3.05) is 9.80 Å². The minimum atomic E-state index is 1.06. The molecule has 0 spiro atoms. The van der Waals surface area contributed by atoms with E-state index in [1.165, 1.54) is 135 Å². The van der Waals surface area contributed by atoms with Crippen molar-refractivity contribution in [3.05, 3.63) is 400 Å². The van der Waals surface area contributed by atoms with Gasteiger partial charge in [0.05, 0.1) is 33.4 Å². The molecule has 0 N–H and O–H groups in total. The Morgan fingerprint density at radius 2 is 0.546 bits per heavy atom. The molecule has 0 unspecified atom stereocenters. The lowest BCUT2D eigenvalue weighted by Gasteiger charge is -2.28. The number of nitrogens with zero attached hydrogens (tertiary/aromatic N) is 4. The second-order valence-corrected chi connectivity index (χ2v) is 28.6. The quantitative estimate of drug-likeness (QED) is 0.120. The Morgan fingerprint density at radius 1 is 0.176 bits per heavy atom. The van der Waals surface area contributed by atoms with E-state index in [0.29, 0.717) is 0 Å². The van der Waals surface area contributed by atoms with Crippen molar-refractivity contribution in [3.63, 3.8) is 0 Å². The maximum Gasteiger partial charge on any atom is 0.0788 e.